The monoisotopic (exact) mass is 207 g/mol. The van der Waals surface area contributed by atoms with Gasteiger partial charge in [0.25, 0.3) is 0 Å². The van der Waals surface area contributed by atoms with Gasteiger partial charge in [0.1, 0.15) is 0 Å². The molecule has 84 valence electrons. The fourth-order valence-corrected chi connectivity index (χ4v) is 1.49. The Kier molecular flexibility index (Phi) is 5.33. The van der Waals surface area contributed by atoms with E-state index in [1.54, 1.807) is 0 Å². The van der Waals surface area contributed by atoms with E-state index < -0.39 is 0 Å². The van der Waals surface area contributed by atoms with Gasteiger partial charge in [0.2, 0.25) is 0 Å². The molecule has 1 heterocycles. The van der Waals surface area contributed by atoms with Crippen molar-refractivity contribution in [2.45, 2.75) is 40.0 Å². The third-order valence-corrected chi connectivity index (χ3v) is 2.73. The van der Waals surface area contributed by atoms with Gasteiger partial charge in [-0.05, 0) is 43.9 Å². The normalized spacial score (nSPS) is 10.6. The second-order valence-corrected chi connectivity index (χ2v) is 3.90. The summed E-state index contributed by atoms with van der Waals surface area (Å²) in [4.78, 5) is 4.26. The predicted molar refractivity (Wildman–Crippen MR) is 63.1 cm³/mol. The van der Waals surface area contributed by atoms with Crippen molar-refractivity contribution in [3.63, 3.8) is 0 Å². The maximum atomic E-state index is 5.55. The third-order valence-electron chi connectivity index (χ3n) is 2.73. The first kappa shape index (κ1) is 12.2. The molecular weight excluding hydrogens is 186 g/mol. The molecule has 1 aromatic rings. The van der Waals surface area contributed by atoms with Crippen molar-refractivity contribution < 1.29 is 4.74 Å². The quantitative estimate of drug-likeness (QED) is 0.669. The molecule has 2 heteroatoms. The molecule has 0 saturated heterocycles. The van der Waals surface area contributed by atoms with Crippen LogP contribution in [-0.4, -0.2) is 18.2 Å². The van der Waals surface area contributed by atoms with Gasteiger partial charge < -0.3 is 4.74 Å². The minimum absolute atomic E-state index is 0.824. The van der Waals surface area contributed by atoms with Gasteiger partial charge in [-0.25, -0.2) is 0 Å². The van der Waals surface area contributed by atoms with E-state index in [-0.39, 0.29) is 0 Å². The topological polar surface area (TPSA) is 22.1 Å². The molecule has 1 aromatic heterocycles. The first-order valence-electron chi connectivity index (χ1n) is 5.74. The van der Waals surface area contributed by atoms with Crippen molar-refractivity contribution >= 4 is 0 Å². The number of hydrogen-bond acceptors (Lipinski definition) is 2. The molecule has 0 N–H and O–H groups in total. The average Bonchev–Trinajstić information content (AvgIpc) is 2.24. The van der Waals surface area contributed by atoms with E-state index >= 15 is 0 Å². The Labute approximate surface area is 92.7 Å². The highest BCUT2D eigenvalue weighted by molar-refractivity contribution is 5.27. The fourth-order valence-electron chi connectivity index (χ4n) is 1.49. The van der Waals surface area contributed by atoms with E-state index in [4.69, 9.17) is 4.74 Å². The summed E-state index contributed by atoms with van der Waals surface area (Å²) >= 11 is 0. The molecule has 0 bridgehead atoms. The van der Waals surface area contributed by atoms with Crippen LogP contribution >= 0.6 is 0 Å². The number of hydrogen-bond donors (Lipinski definition) is 0. The van der Waals surface area contributed by atoms with Gasteiger partial charge in [0, 0.05) is 18.5 Å². The largest absolute Gasteiger partial charge is 0.381 e. The highest BCUT2D eigenvalue weighted by Gasteiger charge is 2.01. The van der Waals surface area contributed by atoms with Crippen molar-refractivity contribution in [3.8, 4) is 0 Å². The first-order chi connectivity index (χ1) is 7.25. The van der Waals surface area contributed by atoms with Gasteiger partial charge in [-0.15, -0.1) is 0 Å². The molecule has 0 saturated carbocycles. The molecule has 0 aromatic carbocycles. The number of ether oxygens (including phenoxy) is 1. The summed E-state index contributed by atoms with van der Waals surface area (Å²) in [5.74, 6) is 0. The fraction of sp³-hybridized carbons (Fsp3) is 0.615. The highest BCUT2D eigenvalue weighted by Crippen LogP contribution is 2.10. The maximum absolute atomic E-state index is 5.55. The van der Waals surface area contributed by atoms with Crippen LogP contribution in [0.15, 0.2) is 12.3 Å². The molecule has 0 unspecified atom stereocenters. The molecule has 0 spiro atoms. The van der Waals surface area contributed by atoms with E-state index in [9.17, 15) is 0 Å². The Morgan fingerprint density at radius 1 is 1.27 bits per heavy atom. The average molecular weight is 207 g/mol. The summed E-state index contributed by atoms with van der Waals surface area (Å²) < 4.78 is 5.55. The number of unbranched alkanes of at least 4 members (excludes halogenated alkanes) is 1. The van der Waals surface area contributed by atoms with Crippen LogP contribution in [0.25, 0.3) is 0 Å². The van der Waals surface area contributed by atoms with Crippen LogP contribution in [-0.2, 0) is 11.2 Å². The summed E-state index contributed by atoms with van der Waals surface area (Å²) in [6, 6.07) is 2.09. The molecule has 0 aliphatic rings. The molecular formula is C13H21NO. The lowest BCUT2D eigenvalue weighted by Gasteiger charge is -2.08. The van der Waals surface area contributed by atoms with Gasteiger partial charge in [-0.2, -0.15) is 0 Å². The van der Waals surface area contributed by atoms with Crippen LogP contribution in [0, 0.1) is 13.8 Å². The number of nitrogens with zero attached hydrogens (tertiary/aromatic N) is 1. The summed E-state index contributed by atoms with van der Waals surface area (Å²) in [5, 5.41) is 0. The van der Waals surface area contributed by atoms with E-state index in [1.807, 2.05) is 6.20 Å². The van der Waals surface area contributed by atoms with Crippen LogP contribution in [0.1, 0.15) is 36.6 Å². The van der Waals surface area contributed by atoms with Crippen LogP contribution < -0.4 is 0 Å². The van der Waals surface area contributed by atoms with Gasteiger partial charge in [0.05, 0.1) is 6.61 Å². The molecule has 0 aliphatic carbocycles. The zero-order valence-corrected chi connectivity index (χ0v) is 10.0. The van der Waals surface area contributed by atoms with Gasteiger partial charge in [-0.1, -0.05) is 13.3 Å². The SMILES string of the molecule is CCCCOCCc1ccnc(C)c1C. The summed E-state index contributed by atoms with van der Waals surface area (Å²) in [5.41, 5.74) is 3.79. The molecule has 0 aliphatic heterocycles. The maximum Gasteiger partial charge on any atom is 0.0506 e. The van der Waals surface area contributed by atoms with E-state index in [0.717, 1.165) is 31.7 Å². The lowest BCUT2D eigenvalue weighted by atomic mass is 10.1. The van der Waals surface area contributed by atoms with E-state index in [0.29, 0.717) is 0 Å². The van der Waals surface area contributed by atoms with E-state index in [2.05, 4.69) is 31.8 Å². The zero-order chi connectivity index (χ0) is 11.1. The minimum Gasteiger partial charge on any atom is -0.381 e. The minimum atomic E-state index is 0.824. The summed E-state index contributed by atoms with van der Waals surface area (Å²) in [7, 11) is 0. The molecule has 1 rings (SSSR count). The highest BCUT2D eigenvalue weighted by atomic mass is 16.5. The van der Waals surface area contributed by atoms with Crippen molar-refractivity contribution in [1.29, 1.82) is 0 Å². The summed E-state index contributed by atoms with van der Waals surface area (Å²) in [6.45, 7) is 8.07. The summed E-state index contributed by atoms with van der Waals surface area (Å²) in [6.07, 6.45) is 5.24. The number of pyridine rings is 1. The Morgan fingerprint density at radius 2 is 2.07 bits per heavy atom. The van der Waals surface area contributed by atoms with Crippen molar-refractivity contribution in [3.05, 3.63) is 29.1 Å². The van der Waals surface area contributed by atoms with Gasteiger partial charge >= 0.3 is 0 Å². The second kappa shape index (κ2) is 6.57. The Balaban J connectivity index is 2.34. The van der Waals surface area contributed by atoms with Crippen LogP contribution in [0.3, 0.4) is 0 Å². The Bertz CT molecular complexity index is 297. The van der Waals surface area contributed by atoms with Crippen molar-refractivity contribution in [2.24, 2.45) is 0 Å². The van der Waals surface area contributed by atoms with Crippen LogP contribution in [0.5, 0.6) is 0 Å². The molecule has 0 fully saturated rings. The molecule has 0 atom stereocenters. The standard InChI is InChI=1S/C13H21NO/c1-4-5-9-15-10-7-13-6-8-14-12(3)11(13)2/h6,8H,4-5,7,9-10H2,1-3H3. The van der Waals surface area contributed by atoms with Crippen LogP contribution in [0.4, 0.5) is 0 Å². The van der Waals surface area contributed by atoms with Crippen molar-refractivity contribution in [1.82, 2.24) is 4.98 Å². The molecule has 2 nitrogen and oxygen atoms in total. The Morgan fingerprint density at radius 3 is 2.80 bits per heavy atom. The number of rotatable bonds is 6. The lowest BCUT2D eigenvalue weighted by molar-refractivity contribution is 0.134. The molecule has 0 amide bonds. The smallest absolute Gasteiger partial charge is 0.0506 e. The molecule has 15 heavy (non-hydrogen) atoms. The number of aromatic nitrogens is 1. The zero-order valence-electron chi connectivity index (χ0n) is 10.0. The number of aryl methyl sites for hydroxylation is 1. The van der Waals surface area contributed by atoms with Crippen LogP contribution in [0.2, 0.25) is 0 Å². The van der Waals surface area contributed by atoms with Gasteiger partial charge in [-0.3, -0.25) is 4.98 Å². The van der Waals surface area contributed by atoms with E-state index in [1.165, 1.54) is 17.5 Å². The third kappa shape index (κ3) is 4.00. The first-order valence-corrected chi connectivity index (χ1v) is 5.74. The van der Waals surface area contributed by atoms with Gasteiger partial charge in [0.15, 0.2) is 0 Å². The van der Waals surface area contributed by atoms with Crippen molar-refractivity contribution in [2.75, 3.05) is 13.2 Å². The lowest BCUT2D eigenvalue weighted by Crippen LogP contribution is -2.02. The Hall–Kier alpha value is -0.890. The predicted octanol–water partition coefficient (Wildman–Crippen LogP) is 3.06. The molecule has 0 radical (unpaired) electrons. The second-order valence-electron chi connectivity index (χ2n) is 3.90.